The maximum atomic E-state index is 12.2. The van der Waals surface area contributed by atoms with Crippen LogP contribution in [0.5, 0.6) is 0 Å². The molecule has 0 amide bonds. The van der Waals surface area contributed by atoms with E-state index in [2.05, 4.69) is 4.72 Å². The topological polar surface area (TPSA) is 79.5 Å². The number of fused-ring (bicyclic) bond motifs is 1. The van der Waals surface area contributed by atoms with Gasteiger partial charge in [0.2, 0.25) is 10.0 Å². The van der Waals surface area contributed by atoms with Crippen LogP contribution in [0.4, 0.5) is 0 Å². The van der Waals surface area contributed by atoms with Crippen molar-refractivity contribution in [3.05, 3.63) is 70.9 Å². The second-order valence-corrected chi connectivity index (χ2v) is 8.37. The van der Waals surface area contributed by atoms with Crippen molar-refractivity contribution in [3.63, 3.8) is 0 Å². The van der Waals surface area contributed by atoms with Gasteiger partial charge in [0.15, 0.2) is 0 Å². The normalized spacial score (nSPS) is 14.5. The highest BCUT2D eigenvalue weighted by atomic mass is 35.5. The Labute approximate surface area is 151 Å². The minimum Gasteiger partial charge on any atom is -0.458 e. The van der Waals surface area contributed by atoms with Crippen molar-refractivity contribution in [2.75, 3.05) is 6.54 Å². The van der Waals surface area contributed by atoms with E-state index in [1.165, 1.54) is 6.92 Å². The summed E-state index contributed by atoms with van der Waals surface area (Å²) < 4.78 is 32.6. The summed E-state index contributed by atoms with van der Waals surface area (Å²) in [5, 5.41) is 12.0. The first-order chi connectivity index (χ1) is 11.8. The molecule has 25 heavy (non-hydrogen) atoms. The fraction of sp³-hybridized carbons (Fsp3) is 0.222. The van der Waals surface area contributed by atoms with E-state index in [1.807, 2.05) is 18.2 Å². The Bertz CT molecular complexity index is 945. The van der Waals surface area contributed by atoms with E-state index in [0.29, 0.717) is 21.9 Å². The molecule has 0 saturated heterocycles. The van der Waals surface area contributed by atoms with Crippen LogP contribution in [0, 0.1) is 0 Å². The third kappa shape index (κ3) is 4.41. The lowest BCUT2D eigenvalue weighted by atomic mass is 10.0. The van der Waals surface area contributed by atoms with Gasteiger partial charge >= 0.3 is 0 Å². The molecule has 0 aliphatic heterocycles. The monoisotopic (exact) mass is 379 g/mol. The lowest BCUT2D eigenvalue weighted by molar-refractivity contribution is 0.0411. The second-order valence-electron chi connectivity index (χ2n) is 6.13. The van der Waals surface area contributed by atoms with Crippen molar-refractivity contribution >= 4 is 32.6 Å². The SMILES string of the molecule is CC(O)(CNS(=O)(=O)Cc1ccc(Cl)cc1)c1cc2ccccc2o1. The highest BCUT2D eigenvalue weighted by Crippen LogP contribution is 2.27. The Kier molecular flexibility index (Phi) is 4.88. The molecule has 0 bridgehead atoms. The molecule has 7 heteroatoms. The number of hydrogen-bond acceptors (Lipinski definition) is 4. The summed E-state index contributed by atoms with van der Waals surface area (Å²) in [6.45, 7) is 1.32. The fourth-order valence-corrected chi connectivity index (χ4v) is 3.80. The summed E-state index contributed by atoms with van der Waals surface area (Å²) in [6.07, 6.45) is 0. The lowest BCUT2D eigenvalue weighted by Crippen LogP contribution is -2.38. The van der Waals surface area contributed by atoms with E-state index >= 15 is 0 Å². The van der Waals surface area contributed by atoms with Crippen LogP contribution in [0.2, 0.25) is 5.02 Å². The molecule has 3 aromatic rings. The Morgan fingerprint density at radius 1 is 1.16 bits per heavy atom. The minimum atomic E-state index is -3.61. The van der Waals surface area contributed by atoms with Gasteiger partial charge in [-0.25, -0.2) is 13.1 Å². The fourth-order valence-electron chi connectivity index (χ4n) is 2.44. The third-order valence-corrected chi connectivity index (χ3v) is 5.41. The number of sulfonamides is 1. The van der Waals surface area contributed by atoms with E-state index in [1.54, 1.807) is 36.4 Å². The van der Waals surface area contributed by atoms with Crippen LogP contribution in [0.1, 0.15) is 18.2 Å². The van der Waals surface area contributed by atoms with Gasteiger partial charge in [-0.05, 0) is 36.8 Å². The van der Waals surface area contributed by atoms with Crippen LogP contribution in [0.25, 0.3) is 11.0 Å². The predicted molar refractivity (Wildman–Crippen MR) is 97.9 cm³/mol. The van der Waals surface area contributed by atoms with Crippen molar-refractivity contribution in [1.29, 1.82) is 0 Å². The third-order valence-electron chi connectivity index (χ3n) is 3.86. The summed E-state index contributed by atoms with van der Waals surface area (Å²) in [6, 6.07) is 15.6. The van der Waals surface area contributed by atoms with Crippen LogP contribution in [-0.4, -0.2) is 20.1 Å². The van der Waals surface area contributed by atoms with Gasteiger partial charge in [-0.15, -0.1) is 0 Å². The number of rotatable bonds is 6. The Morgan fingerprint density at radius 2 is 1.84 bits per heavy atom. The standard InChI is InChI=1S/C18H18ClNO4S/c1-18(21,17-10-14-4-2-3-5-16(14)24-17)12-20-25(22,23)11-13-6-8-15(19)9-7-13/h2-10,20-21H,11-12H2,1H3. The second kappa shape index (κ2) is 6.80. The molecule has 0 spiro atoms. The summed E-state index contributed by atoms with van der Waals surface area (Å²) >= 11 is 5.80. The van der Waals surface area contributed by atoms with Crippen molar-refractivity contribution < 1.29 is 17.9 Å². The van der Waals surface area contributed by atoms with Crippen LogP contribution in [0.3, 0.4) is 0 Å². The maximum absolute atomic E-state index is 12.2. The van der Waals surface area contributed by atoms with Gasteiger partial charge in [-0.2, -0.15) is 0 Å². The zero-order chi connectivity index (χ0) is 18.1. The number of nitrogens with one attached hydrogen (secondary N) is 1. The molecular weight excluding hydrogens is 362 g/mol. The average molecular weight is 380 g/mol. The van der Waals surface area contributed by atoms with Crippen molar-refractivity contribution in [1.82, 2.24) is 4.72 Å². The molecular formula is C18H18ClNO4S. The van der Waals surface area contributed by atoms with E-state index in [-0.39, 0.29) is 12.3 Å². The average Bonchev–Trinajstić information content (AvgIpc) is 3.00. The molecule has 0 aliphatic rings. The molecule has 1 atom stereocenters. The van der Waals surface area contributed by atoms with E-state index in [9.17, 15) is 13.5 Å². The summed E-state index contributed by atoms with van der Waals surface area (Å²) in [4.78, 5) is 0. The summed E-state index contributed by atoms with van der Waals surface area (Å²) in [5.74, 6) is 0.114. The minimum absolute atomic E-state index is 0.192. The molecule has 132 valence electrons. The van der Waals surface area contributed by atoms with E-state index < -0.39 is 15.6 Å². The first-order valence-corrected chi connectivity index (χ1v) is 9.71. The van der Waals surface area contributed by atoms with Gasteiger partial charge in [0.05, 0.1) is 5.75 Å². The molecule has 0 aliphatic carbocycles. The maximum Gasteiger partial charge on any atom is 0.215 e. The highest BCUT2D eigenvalue weighted by Gasteiger charge is 2.29. The quantitative estimate of drug-likeness (QED) is 0.687. The molecule has 1 unspecified atom stereocenters. The lowest BCUT2D eigenvalue weighted by Gasteiger charge is -2.21. The molecule has 3 rings (SSSR count). The largest absolute Gasteiger partial charge is 0.458 e. The number of halogens is 1. The highest BCUT2D eigenvalue weighted by molar-refractivity contribution is 7.88. The van der Waals surface area contributed by atoms with Crippen molar-refractivity contribution in [3.8, 4) is 0 Å². The molecule has 0 fully saturated rings. The van der Waals surface area contributed by atoms with E-state index in [0.717, 1.165) is 5.39 Å². The van der Waals surface area contributed by atoms with Crippen molar-refractivity contribution in [2.45, 2.75) is 18.3 Å². The van der Waals surface area contributed by atoms with E-state index in [4.69, 9.17) is 16.0 Å². The zero-order valence-corrected chi connectivity index (χ0v) is 15.1. The molecule has 2 N–H and O–H groups in total. The number of hydrogen-bond donors (Lipinski definition) is 2. The first kappa shape index (κ1) is 17.9. The number of furan rings is 1. The Morgan fingerprint density at radius 3 is 2.52 bits per heavy atom. The van der Waals surface area contributed by atoms with Gasteiger partial charge < -0.3 is 9.52 Å². The number of para-hydroxylation sites is 1. The first-order valence-electron chi connectivity index (χ1n) is 7.68. The van der Waals surface area contributed by atoms with Gasteiger partial charge in [0.1, 0.15) is 16.9 Å². The molecule has 0 radical (unpaired) electrons. The van der Waals surface area contributed by atoms with Crippen LogP contribution in [-0.2, 0) is 21.4 Å². The van der Waals surface area contributed by atoms with Gasteiger partial charge in [-0.1, -0.05) is 41.9 Å². The van der Waals surface area contributed by atoms with Crippen LogP contribution >= 0.6 is 11.6 Å². The molecule has 5 nitrogen and oxygen atoms in total. The van der Waals surface area contributed by atoms with Crippen LogP contribution < -0.4 is 4.72 Å². The molecule has 2 aromatic carbocycles. The Balaban J connectivity index is 1.71. The summed E-state index contributed by atoms with van der Waals surface area (Å²) in [7, 11) is -3.61. The van der Waals surface area contributed by atoms with Gasteiger partial charge in [0.25, 0.3) is 0 Å². The van der Waals surface area contributed by atoms with Gasteiger partial charge in [0, 0.05) is 17.0 Å². The zero-order valence-electron chi connectivity index (χ0n) is 13.6. The van der Waals surface area contributed by atoms with Gasteiger partial charge in [-0.3, -0.25) is 0 Å². The summed E-state index contributed by atoms with van der Waals surface area (Å²) in [5.41, 5.74) is -0.214. The van der Waals surface area contributed by atoms with Crippen molar-refractivity contribution in [2.24, 2.45) is 0 Å². The number of benzene rings is 2. The predicted octanol–water partition coefficient (Wildman–Crippen LogP) is 3.41. The van der Waals surface area contributed by atoms with Crippen LogP contribution in [0.15, 0.2) is 59.0 Å². The molecule has 1 aromatic heterocycles. The molecule has 1 heterocycles. The Hall–Kier alpha value is -1.86. The number of aliphatic hydroxyl groups is 1. The smallest absolute Gasteiger partial charge is 0.215 e. The molecule has 0 saturated carbocycles.